The quantitative estimate of drug-likeness (QED) is 0.928. The second-order valence-electron chi connectivity index (χ2n) is 5.44. The van der Waals surface area contributed by atoms with Gasteiger partial charge in [0.25, 0.3) is 5.91 Å². The van der Waals surface area contributed by atoms with Gasteiger partial charge >= 0.3 is 0 Å². The predicted molar refractivity (Wildman–Crippen MR) is 85.4 cm³/mol. The zero-order chi connectivity index (χ0) is 15.4. The molecule has 21 heavy (non-hydrogen) atoms. The molecule has 1 N–H and O–H groups in total. The summed E-state index contributed by atoms with van der Waals surface area (Å²) in [6.07, 6.45) is 2.06. The molecule has 2 unspecified atom stereocenters. The summed E-state index contributed by atoms with van der Waals surface area (Å²) in [6.45, 7) is 8.35. The number of nitrogens with one attached hydrogen (secondary N) is 1. The minimum absolute atomic E-state index is 0.139. The fourth-order valence-corrected chi connectivity index (χ4v) is 3.83. The molecular weight excluding hydrogens is 289 g/mol. The molecule has 0 aromatic carbocycles. The number of pyridine rings is 1. The second kappa shape index (κ2) is 7.11. The number of carbonyl (C=O) groups excluding carboxylic acids is 1. The Labute approximate surface area is 129 Å². The number of carbonyl (C=O) groups is 1. The van der Waals surface area contributed by atoms with Crippen LogP contribution in [-0.4, -0.2) is 45.9 Å². The SMILES string of the molecule is CCCNc1ncc(F)cc1C(=O)N1CC(C)SC(C)C1. The zero-order valence-corrected chi connectivity index (χ0v) is 13.5. The van der Waals surface area contributed by atoms with Gasteiger partial charge < -0.3 is 10.2 Å². The zero-order valence-electron chi connectivity index (χ0n) is 12.7. The molecule has 1 fully saturated rings. The monoisotopic (exact) mass is 311 g/mol. The number of hydrogen-bond acceptors (Lipinski definition) is 4. The van der Waals surface area contributed by atoms with Crippen molar-refractivity contribution in [2.24, 2.45) is 0 Å². The van der Waals surface area contributed by atoms with Gasteiger partial charge in [-0.25, -0.2) is 9.37 Å². The van der Waals surface area contributed by atoms with Crippen molar-refractivity contribution in [2.75, 3.05) is 25.0 Å². The maximum atomic E-state index is 13.5. The van der Waals surface area contributed by atoms with E-state index in [-0.39, 0.29) is 5.91 Å². The van der Waals surface area contributed by atoms with E-state index in [4.69, 9.17) is 0 Å². The van der Waals surface area contributed by atoms with Gasteiger partial charge in [-0.2, -0.15) is 11.8 Å². The third kappa shape index (κ3) is 4.09. The number of rotatable bonds is 4. The molecule has 2 heterocycles. The second-order valence-corrected chi connectivity index (χ2v) is 7.33. The molecule has 4 nitrogen and oxygen atoms in total. The molecule has 1 aliphatic rings. The third-order valence-electron chi connectivity index (χ3n) is 3.33. The first-order valence-corrected chi connectivity index (χ1v) is 8.29. The van der Waals surface area contributed by atoms with Gasteiger partial charge in [-0.1, -0.05) is 20.8 Å². The predicted octanol–water partition coefficient (Wildman–Crippen LogP) is 3.01. The minimum atomic E-state index is -0.479. The summed E-state index contributed by atoms with van der Waals surface area (Å²) in [5, 5.41) is 3.89. The van der Waals surface area contributed by atoms with Crippen LogP contribution in [0.4, 0.5) is 10.2 Å². The van der Waals surface area contributed by atoms with Crippen molar-refractivity contribution >= 4 is 23.5 Å². The number of nitrogens with zero attached hydrogens (tertiary/aromatic N) is 2. The van der Waals surface area contributed by atoms with Crippen LogP contribution in [0.5, 0.6) is 0 Å². The summed E-state index contributed by atoms with van der Waals surface area (Å²) in [4.78, 5) is 18.5. The first kappa shape index (κ1) is 16.1. The third-order valence-corrected chi connectivity index (χ3v) is 4.56. The Balaban J connectivity index is 2.22. The van der Waals surface area contributed by atoms with Gasteiger partial charge in [0, 0.05) is 30.1 Å². The Hall–Kier alpha value is -1.30. The van der Waals surface area contributed by atoms with Crippen LogP contribution in [-0.2, 0) is 0 Å². The summed E-state index contributed by atoms with van der Waals surface area (Å²) >= 11 is 1.88. The van der Waals surface area contributed by atoms with E-state index in [1.807, 2.05) is 18.7 Å². The smallest absolute Gasteiger partial charge is 0.257 e. The molecule has 6 heteroatoms. The maximum Gasteiger partial charge on any atom is 0.257 e. The fourth-order valence-electron chi connectivity index (χ4n) is 2.50. The van der Waals surface area contributed by atoms with Crippen LogP contribution >= 0.6 is 11.8 Å². The van der Waals surface area contributed by atoms with Gasteiger partial charge in [0.2, 0.25) is 0 Å². The molecule has 1 aliphatic heterocycles. The topological polar surface area (TPSA) is 45.2 Å². The van der Waals surface area contributed by atoms with Gasteiger partial charge in [-0.05, 0) is 12.5 Å². The van der Waals surface area contributed by atoms with Gasteiger partial charge in [-0.15, -0.1) is 0 Å². The van der Waals surface area contributed by atoms with Crippen molar-refractivity contribution in [3.05, 3.63) is 23.6 Å². The van der Waals surface area contributed by atoms with E-state index in [0.717, 1.165) is 12.6 Å². The van der Waals surface area contributed by atoms with Crippen LogP contribution in [0, 0.1) is 5.82 Å². The van der Waals surface area contributed by atoms with Gasteiger partial charge in [0.1, 0.15) is 11.6 Å². The number of hydrogen-bond donors (Lipinski definition) is 1. The van der Waals surface area contributed by atoms with E-state index < -0.39 is 5.82 Å². The summed E-state index contributed by atoms with van der Waals surface area (Å²) in [5.74, 6) is -0.144. The van der Waals surface area contributed by atoms with Crippen LogP contribution in [0.15, 0.2) is 12.3 Å². The lowest BCUT2D eigenvalue weighted by Crippen LogP contribution is -2.44. The van der Waals surface area contributed by atoms with Crippen molar-refractivity contribution in [3.8, 4) is 0 Å². The molecule has 0 saturated carbocycles. The summed E-state index contributed by atoms with van der Waals surface area (Å²) in [6, 6.07) is 1.28. The van der Waals surface area contributed by atoms with Crippen LogP contribution in [0.2, 0.25) is 0 Å². The molecule has 116 valence electrons. The molecular formula is C15H22FN3OS. The summed E-state index contributed by atoms with van der Waals surface area (Å²) < 4.78 is 13.5. The van der Waals surface area contributed by atoms with Gasteiger partial charge in [0.15, 0.2) is 0 Å². The number of aromatic nitrogens is 1. The van der Waals surface area contributed by atoms with Crippen LogP contribution in [0.3, 0.4) is 0 Å². The van der Waals surface area contributed by atoms with Crippen LogP contribution in [0.1, 0.15) is 37.6 Å². The highest BCUT2D eigenvalue weighted by molar-refractivity contribution is 8.00. The molecule has 0 radical (unpaired) electrons. The highest BCUT2D eigenvalue weighted by atomic mass is 32.2. The highest BCUT2D eigenvalue weighted by Crippen LogP contribution is 2.27. The largest absolute Gasteiger partial charge is 0.369 e. The van der Waals surface area contributed by atoms with Crippen molar-refractivity contribution in [3.63, 3.8) is 0 Å². The molecule has 0 aliphatic carbocycles. The van der Waals surface area contributed by atoms with E-state index in [0.29, 0.717) is 41.5 Å². The molecule has 1 saturated heterocycles. The van der Waals surface area contributed by atoms with Crippen molar-refractivity contribution in [1.82, 2.24) is 9.88 Å². The average molecular weight is 311 g/mol. The number of amides is 1. The number of anilines is 1. The van der Waals surface area contributed by atoms with E-state index in [1.165, 1.54) is 6.07 Å². The Morgan fingerprint density at radius 1 is 1.48 bits per heavy atom. The molecule has 0 spiro atoms. The number of halogens is 1. The molecule has 1 aromatic rings. The molecule has 1 amide bonds. The normalized spacial score (nSPS) is 22.2. The van der Waals surface area contributed by atoms with Crippen LogP contribution in [0.25, 0.3) is 0 Å². The van der Waals surface area contributed by atoms with Gasteiger partial charge in [-0.3, -0.25) is 4.79 Å². The van der Waals surface area contributed by atoms with E-state index in [9.17, 15) is 9.18 Å². The molecule has 0 bridgehead atoms. The molecule has 2 rings (SSSR count). The van der Waals surface area contributed by atoms with Crippen molar-refractivity contribution in [1.29, 1.82) is 0 Å². The summed E-state index contributed by atoms with van der Waals surface area (Å²) in [7, 11) is 0. The Bertz CT molecular complexity index is 502. The fraction of sp³-hybridized carbons (Fsp3) is 0.600. The highest BCUT2D eigenvalue weighted by Gasteiger charge is 2.28. The van der Waals surface area contributed by atoms with Crippen molar-refractivity contribution in [2.45, 2.75) is 37.7 Å². The molecule has 1 aromatic heterocycles. The Kier molecular flexibility index (Phi) is 5.45. The lowest BCUT2D eigenvalue weighted by molar-refractivity contribution is 0.0753. The maximum absolute atomic E-state index is 13.5. The first-order chi connectivity index (χ1) is 10.0. The first-order valence-electron chi connectivity index (χ1n) is 7.35. The number of thioether (sulfide) groups is 1. The molecule has 2 atom stereocenters. The standard InChI is InChI=1S/C15H22FN3OS/c1-4-5-17-14-13(6-12(16)7-18-14)15(20)19-8-10(2)21-11(3)9-19/h6-7,10-11H,4-5,8-9H2,1-3H3,(H,17,18). The van der Waals surface area contributed by atoms with Gasteiger partial charge in [0.05, 0.1) is 11.8 Å². The Morgan fingerprint density at radius 3 is 2.76 bits per heavy atom. The lowest BCUT2D eigenvalue weighted by Gasteiger charge is -2.34. The average Bonchev–Trinajstić information content (AvgIpc) is 2.44. The lowest BCUT2D eigenvalue weighted by atomic mass is 10.2. The summed E-state index contributed by atoms with van der Waals surface area (Å²) in [5.41, 5.74) is 0.328. The van der Waals surface area contributed by atoms with Crippen molar-refractivity contribution < 1.29 is 9.18 Å². The van der Waals surface area contributed by atoms with E-state index >= 15 is 0 Å². The Morgan fingerprint density at radius 2 is 2.14 bits per heavy atom. The van der Waals surface area contributed by atoms with E-state index in [1.54, 1.807) is 4.90 Å². The minimum Gasteiger partial charge on any atom is -0.369 e. The van der Waals surface area contributed by atoms with E-state index in [2.05, 4.69) is 24.1 Å². The van der Waals surface area contributed by atoms with Crippen LogP contribution < -0.4 is 5.32 Å².